The van der Waals surface area contributed by atoms with E-state index >= 15 is 0 Å². The van der Waals surface area contributed by atoms with Gasteiger partial charge < -0.3 is 34.6 Å². The Labute approximate surface area is 230 Å². The van der Waals surface area contributed by atoms with E-state index in [1.807, 2.05) is 18.7 Å². The van der Waals surface area contributed by atoms with Crippen LogP contribution in [0.15, 0.2) is 12.1 Å². The Balaban J connectivity index is 1.94. The van der Waals surface area contributed by atoms with Crippen LogP contribution in [0.2, 0.25) is 0 Å². The molecule has 0 aromatic heterocycles. The smallest absolute Gasteiger partial charge is 0.308 e. The van der Waals surface area contributed by atoms with E-state index in [1.165, 1.54) is 6.92 Å². The first kappa shape index (κ1) is 30.6. The maximum Gasteiger partial charge on any atom is 0.308 e. The average Bonchev–Trinajstić information content (AvgIpc) is 3.53. The molecular formula is C28H43N3O8. The molecule has 1 fully saturated rings. The molecule has 11 heteroatoms. The van der Waals surface area contributed by atoms with Crippen LogP contribution < -0.4 is 9.47 Å². The van der Waals surface area contributed by atoms with Crippen LogP contribution in [0, 0.1) is 5.92 Å². The molecule has 0 radical (unpaired) electrons. The summed E-state index contributed by atoms with van der Waals surface area (Å²) in [5, 5.41) is 29.7. The van der Waals surface area contributed by atoms with E-state index in [0.717, 1.165) is 12.8 Å². The van der Waals surface area contributed by atoms with Crippen LogP contribution in [-0.2, 0) is 21.0 Å². The molecule has 2 heterocycles. The number of hydrogen-bond acceptors (Lipinski definition) is 8. The predicted octanol–water partition coefficient (Wildman–Crippen LogP) is 1.65. The van der Waals surface area contributed by atoms with Gasteiger partial charge >= 0.3 is 5.97 Å². The van der Waals surface area contributed by atoms with Crippen molar-refractivity contribution in [3.05, 3.63) is 23.3 Å². The highest BCUT2D eigenvalue weighted by Crippen LogP contribution is 2.44. The Morgan fingerprint density at radius 1 is 1.05 bits per heavy atom. The van der Waals surface area contributed by atoms with Gasteiger partial charge in [-0.1, -0.05) is 13.3 Å². The number of hydrogen-bond donors (Lipinski definition) is 3. The summed E-state index contributed by atoms with van der Waals surface area (Å²) in [6.07, 6.45) is 2.64. The SMILES string of the molecule is CCCCN(CCCO)C(=O)CN1C[C@H](c2cc(CO)c3c(c2)OCO3)[C@@H](C(=O)O)[C@@H]1CCN(CC)C(C)=O. The number of carbonyl (C=O) groups excluding carboxylic acids is 2. The lowest BCUT2D eigenvalue weighted by Gasteiger charge is -2.31. The predicted molar refractivity (Wildman–Crippen MR) is 143 cm³/mol. The van der Waals surface area contributed by atoms with E-state index in [0.29, 0.717) is 68.2 Å². The van der Waals surface area contributed by atoms with Gasteiger partial charge in [0, 0.05) is 63.8 Å². The van der Waals surface area contributed by atoms with E-state index in [9.17, 15) is 29.7 Å². The molecule has 1 aromatic carbocycles. The van der Waals surface area contributed by atoms with Crippen molar-refractivity contribution in [3.63, 3.8) is 0 Å². The first-order valence-corrected chi connectivity index (χ1v) is 13.9. The molecule has 39 heavy (non-hydrogen) atoms. The summed E-state index contributed by atoms with van der Waals surface area (Å²) >= 11 is 0. The van der Waals surface area contributed by atoms with Gasteiger partial charge in [0.25, 0.3) is 0 Å². The molecule has 11 nitrogen and oxygen atoms in total. The third-order valence-corrected chi connectivity index (χ3v) is 7.78. The molecule has 0 aliphatic carbocycles. The van der Waals surface area contributed by atoms with Crippen molar-refractivity contribution >= 4 is 17.8 Å². The zero-order valence-corrected chi connectivity index (χ0v) is 23.3. The van der Waals surface area contributed by atoms with Crippen LogP contribution in [0.5, 0.6) is 11.5 Å². The molecule has 3 N–H and O–H groups in total. The van der Waals surface area contributed by atoms with Crippen LogP contribution in [-0.4, -0.2) is 107 Å². The highest BCUT2D eigenvalue weighted by atomic mass is 16.7. The van der Waals surface area contributed by atoms with Crippen molar-refractivity contribution in [1.29, 1.82) is 0 Å². The van der Waals surface area contributed by atoms with Crippen LogP contribution in [0.3, 0.4) is 0 Å². The molecule has 0 spiro atoms. The van der Waals surface area contributed by atoms with Crippen molar-refractivity contribution in [2.75, 3.05) is 52.7 Å². The van der Waals surface area contributed by atoms with Crippen molar-refractivity contribution in [1.82, 2.24) is 14.7 Å². The number of unbranched alkanes of at least 4 members (excludes halogenated alkanes) is 1. The minimum absolute atomic E-state index is 0.0133. The lowest BCUT2D eigenvalue weighted by atomic mass is 9.83. The lowest BCUT2D eigenvalue weighted by molar-refractivity contribution is -0.144. The third kappa shape index (κ3) is 7.40. The third-order valence-electron chi connectivity index (χ3n) is 7.78. The summed E-state index contributed by atoms with van der Waals surface area (Å²) in [4.78, 5) is 43.6. The van der Waals surface area contributed by atoms with Crippen LogP contribution in [0.25, 0.3) is 0 Å². The standard InChI is InChI=1S/C28H43N3O8/c1-4-6-9-30(10-7-12-32)25(35)16-31-15-22(20-13-21(17-33)27-24(14-20)38-18-39-27)26(28(36)37)23(31)8-11-29(5-2)19(3)34/h13-14,22-23,26,32-33H,4-12,15-18H2,1-3H3,(H,36,37)/t22-,23+,26-/m1/s1. The summed E-state index contributed by atoms with van der Waals surface area (Å²) in [7, 11) is 0. The number of aliphatic carboxylic acids is 1. The van der Waals surface area contributed by atoms with Gasteiger partial charge in [-0.2, -0.15) is 0 Å². The maximum atomic E-state index is 13.5. The number of carbonyl (C=O) groups is 3. The topological polar surface area (TPSA) is 140 Å². The molecule has 2 aliphatic heterocycles. The summed E-state index contributed by atoms with van der Waals surface area (Å²) in [5.41, 5.74) is 1.23. The maximum absolute atomic E-state index is 13.5. The molecular weight excluding hydrogens is 506 g/mol. The molecule has 3 rings (SSSR count). The van der Waals surface area contributed by atoms with E-state index in [-0.39, 0.29) is 38.4 Å². The fraction of sp³-hybridized carbons (Fsp3) is 0.679. The van der Waals surface area contributed by atoms with Gasteiger partial charge in [-0.3, -0.25) is 19.3 Å². The molecule has 2 amide bonds. The van der Waals surface area contributed by atoms with Crippen molar-refractivity contribution in [3.8, 4) is 11.5 Å². The Bertz CT molecular complexity index is 995. The van der Waals surface area contributed by atoms with Crippen LogP contribution in [0.4, 0.5) is 0 Å². The van der Waals surface area contributed by atoms with Crippen molar-refractivity contribution in [2.24, 2.45) is 5.92 Å². The van der Waals surface area contributed by atoms with Crippen molar-refractivity contribution < 1.29 is 39.2 Å². The van der Waals surface area contributed by atoms with Gasteiger partial charge in [0.05, 0.1) is 19.1 Å². The number of likely N-dealkylation sites (tertiary alicyclic amines) is 1. The van der Waals surface area contributed by atoms with Crippen molar-refractivity contribution in [2.45, 2.75) is 65.0 Å². The molecule has 1 aromatic rings. The normalized spacial score (nSPS) is 20.3. The Morgan fingerprint density at radius 3 is 2.41 bits per heavy atom. The highest BCUT2D eigenvalue weighted by molar-refractivity contribution is 5.79. The Morgan fingerprint density at radius 2 is 1.79 bits per heavy atom. The molecule has 2 aliphatic rings. The molecule has 1 saturated heterocycles. The number of ether oxygens (including phenoxy) is 2. The fourth-order valence-electron chi connectivity index (χ4n) is 5.70. The van der Waals surface area contributed by atoms with Gasteiger partial charge in [0.15, 0.2) is 11.5 Å². The Kier molecular flexibility index (Phi) is 11.4. The molecule has 0 bridgehead atoms. The first-order valence-electron chi connectivity index (χ1n) is 13.9. The number of amides is 2. The number of benzene rings is 1. The number of carboxylic acids is 1. The number of nitrogens with zero attached hydrogens (tertiary/aromatic N) is 3. The Hall–Kier alpha value is -2.89. The summed E-state index contributed by atoms with van der Waals surface area (Å²) in [6.45, 7) is 7.44. The van der Waals surface area contributed by atoms with Gasteiger partial charge in [-0.05, 0) is 43.9 Å². The number of aliphatic hydroxyl groups excluding tert-OH is 2. The number of fused-ring (bicyclic) bond motifs is 1. The second kappa shape index (κ2) is 14.5. The first-order chi connectivity index (χ1) is 18.7. The molecule has 0 unspecified atom stereocenters. The van der Waals surface area contributed by atoms with Gasteiger partial charge in [0.1, 0.15) is 0 Å². The molecule has 3 atom stereocenters. The van der Waals surface area contributed by atoms with Gasteiger partial charge in [0.2, 0.25) is 18.6 Å². The number of rotatable bonds is 15. The monoisotopic (exact) mass is 549 g/mol. The molecule has 218 valence electrons. The minimum Gasteiger partial charge on any atom is -0.481 e. The van der Waals surface area contributed by atoms with Crippen LogP contribution >= 0.6 is 0 Å². The van der Waals surface area contributed by atoms with E-state index in [2.05, 4.69) is 0 Å². The van der Waals surface area contributed by atoms with Gasteiger partial charge in [-0.25, -0.2) is 0 Å². The van der Waals surface area contributed by atoms with Crippen LogP contribution in [0.1, 0.15) is 63.5 Å². The quantitative estimate of drug-likeness (QED) is 0.298. The number of carboxylic acid groups (broad SMARTS) is 1. The number of aliphatic hydroxyl groups is 2. The van der Waals surface area contributed by atoms with E-state index in [4.69, 9.17) is 9.47 Å². The minimum atomic E-state index is -0.975. The largest absolute Gasteiger partial charge is 0.481 e. The second-order valence-corrected chi connectivity index (χ2v) is 10.2. The summed E-state index contributed by atoms with van der Waals surface area (Å²) < 4.78 is 11.0. The average molecular weight is 550 g/mol. The molecule has 0 saturated carbocycles. The summed E-state index contributed by atoms with van der Waals surface area (Å²) in [5.74, 6) is -1.53. The summed E-state index contributed by atoms with van der Waals surface area (Å²) in [6, 6.07) is 3.05. The fourth-order valence-corrected chi connectivity index (χ4v) is 5.70. The second-order valence-electron chi connectivity index (χ2n) is 10.2. The lowest BCUT2D eigenvalue weighted by Crippen LogP contribution is -2.46. The zero-order chi connectivity index (χ0) is 28.5. The van der Waals surface area contributed by atoms with E-state index < -0.39 is 23.8 Å². The van der Waals surface area contributed by atoms with Gasteiger partial charge in [-0.15, -0.1) is 0 Å². The van der Waals surface area contributed by atoms with E-state index in [1.54, 1.807) is 21.9 Å². The zero-order valence-electron chi connectivity index (χ0n) is 23.3. The highest BCUT2D eigenvalue weighted by Gasteiger charge is 2.47.